The molecule has 0 atom stereocenters. The normalized spacial score (nSPS) is 12.0. The van der Waals surface area contributed by atoms with Crippen LogP contribution in [0.1, 0.15) is 16.8 Å². The highest BCUT2D eigenvalue weighted by molar-refractivity contribution is 7.07. The molecule has 0 fully saturated rings. The zero-order chi connectivity index (χ0) is 13.4. The first-order valence-corrected chi connectivity index (χ1v) is 7.66. The number of hydrogen-bond acceptors (Lipinski definition) is 3. The molecule has 98 valence electrons. The number of fused-ring (bicyclic) bond motifs is 3. The maximum absolute atomic E-state index is 4.29. The van der Waals surface area contributed by atoms with Crippen molar-refractivity contribution in [1.29, 1.82) is 0 Å². The van der Waals surface area contributed by atoms with Crippen LogP contribution in [0.15, 0.2) is 53.4 Å². The van der Waals surface area contributed by atoms with Gasteiger partial charge in [-0.1, -0.05) is 30.3 Å². The standard InChI is InChI=1S/C17H14N2S/c1-2-4-16-12(3-1)7-13-8-14(5-6-17(13)16)18-9-15-10-20-11-19-15/h1-6,8,10-11,18H,7,9H2. The Balaban J connectivity index is 1.59. The third-order valence-electron chi connectivity index (χ3n) is 3.75. The Labute approximate surface area is 122 Å². The van der Waals surface area contributed by atoms with Gasteiger partial charge in [0.05, 0.1) is 17.7 Å². The molecule has 2 aromatic carbocycles. The van der Waals surface area contributed by atoms with E-state index in [-0.39, 0.29) is 0 Å². The van der Waals surface area contributed by atoms with Crippen LogP contribution in [0.25, 0.3) is 11.1 Å². The number of rotatable bonds is 3. The van der Waals surface area contributed by atoms with Crippen LogP contribution in [-0.2, 0) is 13.0 Å². The fraction of sp³-hybridized carbons (Fsp3) is 0.118. The van der Waals surface area contributed by atoms with Gasteiger partial charge in [-0.25, -0.2) is 4.98 Å². The summed E-state index contributed by atoms with van der Waals surface area (Å²) < 4.78 is 0. The van der Waals surface area contributed by atoms with Gasteiger partial charge in [-0.15, -0.1) is 11.3 Å². The van der Waals surface area contributed by atoms with Crippen LogP contribution >= 0.6 is 11.3 Å². The first-order valence-electron chi connectivity index (χ1n) is 6.72. The Hall–Kier alpha value is -2.13. The molecule has 1 heterocycles. The van der Waals surface area contributed by atoms with E-state index in [2.05, 4.69) is 58.1 Å². The summed E-state index contributed by atoms with van der Waals surface area (Å²) in [4.78, 5) is 4.29. The van der Waals surface area contributed by atoms with E-state index >= 15 is 0 Å². The van der Waals surface area contributed by atoms with Crippen molar-refractivity contribution in [3.8, 4) is 11.1 Å². The molecule has 1 aromatic heterocycles. The highest BCUT2D eigenvalue weighted by Gasteiger charge is 2.17. The first kappa shape index (κ1) is 11.7. The highest BCUT2D eigenvalue weighted by Crippen LogP contribution is 2.37. The Morgan fingerprint density at radius 1 is 1.05 bits per heavy atom. The largest absolute Gasteiger partial charge is 0.379 e. The Morgan fingerprint density at radius 2 is 1.95 bits per heavy atom. The predicted molar refractivity (Wildman–Crippen MR) is 84.1 cm³/mol. The van der Waals surface area contributed by atoms with Gasteiger partial charge in [0.1, 0.15) is 0 Å². The average molecular weight is 278 g/mol. The number of nitrogens with zero attached hydrogens (tertiary/aromatic N) is 1. The first-order chi connectivity index (χ1) is 9.90. The fourth-order valence-electron chi connectivity index (χ4n) is 2.77. The predicted octanol–water partition coefficient (Wildman–Crippen LogP) is 4.33. The molecule has 1 aliphatic carbocycles. The zero-order valence-corrected chi connectivity index (χ0v) is 11.8. The second kappa shape index (κ2) is 4.76. The number of hydrogen-bond donors (Lipinski definition) is 1. The topological polar surface area (TPSA) is 24.9 Å². The molecule has 3 heteroatoms. The smallest absolute Gasteiger partial charge is 0.0795 e. The van der Waals surface area contributed by atoms with Crippen molar-refractivity contribution >= 4 is 17.0 Å². The van der Waals surface area contributed by atoms with Crippen molar-refractivity contribution in [2.24, 2.45) is 0 Å². The lowest BCUT2D eigenvalue weighted by atomic mass is 10.1. The van der Waals surface area contributed by atoms with Crippen LogP contribution in [0.3, 0.4) is 0 Å². The lowest BCUT2D eigenvalue weighted by molar-refractivity contribution is 1.07. The molecule has 20 heavy (non-hydrogen) atoms. The maximum Gasteiger partial charge on any atom is 0.0795 e. The number of aromatic nitrogens is 1. The summed E-state index contributed by atoms with van der Waals surface area (Å²) in [6.45, 7) is 0.787. The van der Waals surface area contributed by atoms with Crippen LogP contribution < -0.4 is 5.32 Å². The molecule has 0 unspecified atom stereocenters. The van der Waals surface area contributed by atoms with Gasteiger partial charge in [0.25, 0.3) is 0 Å². The number of anilines is 1. The fourth-order valence-corrected chi connectivity index (χ4v) is 3.33. The Kier molecular flexibility index (Phi) is 2.78. The molecule has 0 radical (unpaired) electrons. The highest BCUT2D eigenvalue weighted by atomic mass is 32.1. The van der Waals surface area contributed by atoms with Gasteiger partial charge in [-0.2, -0.15) is 0 Å². The van der Waals surface area contributed by atoms with Gasteiger partial charge in [0.15, 0.2) is 0 Å². The molecule has 0 amide bonds. The number of thiazole rings is 1. The average Bonchev–Trinajstić information content (AvgIpc) is 3.12. The molecule has 0 saturated carbocycles. The van der Waals surface area contributed by atoms with Crippen molar-refractivity contribution in [3.05, 3.63) is 70.2 Å². The third kappa shape index (κ3) is 2.00. The second-order valence-corrected chi connectivity index (χ2v) is 5.76. The minimum Gasteiger partial charge on any atom is -0.379 e. The van der Waals surface area contributed by atoms with Gasteiger partial charge in [-0.05, 0) is 40.8 Å². The third-order valence-corrected chi connectivity index (χ3v) is 4.39. The van der Waals surface area contributed by atoms with Gasteiger partial charge in [-0.3, -0.25) is 0 Å². The van der Waals surface area contributed by atoms with E-state index in [1.54, 1.807) is 11.3 Å². The minimum absolute atomic E-state index is 0.787. The maximum atomic E-state index is 4.29. The summed E-state index contributed by atoms with van der Waals surface area (Å²) in [6, 6.07) is 15.3. The lowest BCUT2D eigenvalue weighted by Crippen LogP contribution is -1.99. The van der Waals surface area contributed by atoms with Gasteiger partial charge < -0.3 is 5.32 Å². The molecule has 3 aromatic rings. The van der Waals surface area contributed by atoms with E-state index < -0.39 is 0 Å². The summed E-state index contributed by atoms with van der Waals surface area (Å²) >= 11 is 1.64. The van der Waals surface area contributed by atoms with Crippen molar-refractivity contribution in [1.82, 2.24) is 4.98 Å². The molecule has 4 rings (SSSR count). The van der Waals surface area contributed by atoms with Crippen LogP contribution in [-0.4, -0.2) is 4.98 Å². The van der Waals surface area contributed by atoms with Crippen LogP contribution in [0.5, 0.6) is 0 Å². The van der Waals surface area contributed by atoms with E-state index in [1.807, 2.05) is 5.51 Å². The summed E-state index contributed by atoms with van der Waals surface area (Å²) in [5.41, 5.74) is 9.74. The number of nitrogens with one attached hydrogen (secondary N) is 1. The second-order valence-electron chi connectivity index (χ2n) is 5.04. The number of benzene rings is 2. The van der Waals surface area contributed by atoms with Gasteiger partial charge in [0, 0.05) is 11.1 Å². The molecule has 0 saturated heterocycles. The van der Waals surface area contributed by atoms with Crippen molar-refractivity contribution < 1.29 is 0 Å². The van der Waals surface area contributed by atoms with E-state index in [0.29, 0.717) is 0 Å². The Bertz CT molecular complexity index is 747. The molecule has 1 aliphatic rings. The Morgan fingerprint density at radius 3 is 2.85 bits per heavy atom. The minimum atomic E-state index is 0.787. The summed E-state index contributed by atoms with van der Waals surface area (Å²) in [6.07, 6.45) is 1.04. The van der Waals surface area contributed by atoms with Crippen LogP contribution in [0.2, 0.25) is 0 Å². The summed E-state index contributed by atoms with van der Waals surface area (Å²) in [5.74, 6) is 0. The monoisotopic (exact) mass is 278 g/mol. The van der Waals surface area contributed by atoms with E-state index in [4.69, 9.17) is 0 Å². The van der Waals surface area contributed by atoms with Crippen molar-refractivity contribution in [2.45, 2.75) is 13.0 Å². The molecule has 0 spiro atoms. The quantitative estimate of drug-likeness (QED) is 0.603. The van der Waals surface area contributed by atoms with Crippen molar-refractivity contribution in [2.75, 3.05) is 5.32 Å². The van der Waals surface area contributed by atoms with E-state index in [0.717, 1.165) is 18.7 Å². The van der Waals surface area contributed by atoms with E-state index in [9.17, 15) is 0 Å². The molecular formula is C17H14N2S. The van der Waals surface area contributed by atoms with E-state index in [1.165, 1.54) is 27.9 Å². The molecule has 2 nitrogen and oxygen atoms in total. The summed E-state index contributed by atoms with van der Waals surface area (Å²) in [5, 5.41) is 5.53. The van der Waals surface area contributed by atoms with Crippen molar-refractivity contribution in [3.63, 3.8) is 0 Å². The van der Waals surface area contributed by atoms with Gasteiger partial charge in [0.2, 0.25) is 0 Å². The SMILES string of the molecule is c1ccc2c(c1)Cc1cc(NCc3cscn3)ccc1-2. The zero-order valence-electron chi connectivity index (χ0n) is 11.0. The molecule has 0 bridgehead atoms. The van der Waals surface area contributed by atoms with Gasteiger partial charge >= 0.3 is 0 Å². The summed E-state index contributed by atoms with van der Waals surface area (Å²) in [7, 11) is 0. The van der Waals surface area contributed by atoms with Crippen LogP contribution in [0.4, 0.5) is 5.69 Å². The lowest BCUT2D eigenvalue weighted by Gasteiger charge is -2.07. The molecule has 1 N–H and O–H groups in total. The van der Waals surface area contributed by atoms with Crippen LogP contribution in [0, 0.1) is 0 Å². The molecular weight excluding hydrogens is 264 g/mol. The molecule has 0 aliphatic heterocycles.